The summed E-state index contributed by atoms with van der Waals surface area (Å²) in [6.07, 6.45) is 0. The van der Waals surface area contributed by atoms with Gasteiger partial charge in [-0.15, -0.1) is 0 Å². The molecule has 1 atom stereocenters. The first kappa shape index (κ1) is 11.4. The zero-order valence-corrected chi connectivity index (χ0v) is 9.28. The Kier molecular flexibility index (Phi) is 3.55. The molecule has 0 radical (unpaired) electrons. The van der Waals surface area contributed by atoms with Gasteiger partial charge >= 0.3 is 0 Å². The maximum atomic E-state index is 8.52. The topological polar surface area (TPSA) is 70.6 Å². The van der Waals surface area contributed by atoms with Crippen LogP contribution >= 0.6 is 0 Å². The van der Waals surface area contributed by atoms with Crippen molar-refractivity contribution in [1.82, 2.24) is 0 Å². The second kappa shape index (κ2) is 4.68. The number of nitrogens with one attached hydrogen (secondary N) is 1. The molecule has 0 saturated heterocycles. The molecule has 0 aliphatic carbocycles. The van der Waals surface area contributed by atoms with Crippen molar-refractivity contribution in [2.45, 2.75) is 26.8 Å². The molecular formula is C11H17N3O. The van der Waals surface area contributed by atoms with Gasteiger partial charge in [-0.1, -0.05) is 11.2 Å². The molecule has 1 unspecified atom stereocenters. The molecule has 0 fully saturated rings. The van der Waals surface area contributed by atoms with Crippen LogP contribution < -0.4 is 11.1 Å². The van der Waals surface area contributed by atoms with E-state index in [1.54, 1.807) is 0 Å². The van der Waals surface area contributed by atoms with Crippen LogP contribution in [-0.2, 0) is 0 Å². The van der Waals surface area contributed by atoms with Crippen molar-refractivity contribution in [3.05, 3.63) is 29.3 Å². The van der Waals surface area contributed by atoms with Gasteiger partial charge in [0.25, 0.3) is 0 Å². The quantitative estimate of drug-likeness (QED) is 0.306. The molecule has 1 aromatic carbocycles. The second-order valence-corrected chi connectivity index (χ2v) is 3.77. The Morgan fingerprint density at radius 3 is 2.33 bits per heavy atom. The van der Waals surface area contributed by atoms with Gasteiger partial charge in [0.15, 0.2) is 5.84 Å². The average Bonchev–Trinajstić information content (AvgIpc) is 2.14. The molecule has 1 rings (SSSR count). The first-order chi connectivity index (χ1) is 7.02. The zero-order valence-electron chi connectivity index (χ0n) is 9.28. The molecule has 15 heavy (non-hydrogen) atoms. The highest BCUT2D eigenvalue weighted by Crippen LogP contribution is 2.14. The molecule has 4 nitrogen and oxygen atoms in total. The summed E-state index contributed by atoms with van der Waals surface area (Å²) in [5.74, 6) is 0.175. The molecule has 0 heterocycles. The van der Waals surface area contributed by atoms with E-state index in [1.165, 1.54) is 11.1 Å². The fraction of sp³-hybridized carbons (Fsp3) is 0.364. The van der Waals surface area contributed by atoms with E-state index in [2.05, 4.69) is 16.5 Å². The van der Waals surface area contributed by atoms with Crippen LogP contribution in [-0.4, -0.2) is 17.1 Å². The Morgan fingerprint density at radius 1 is 1.33 bits per heavy atom. The lowest BCUT2D eigenvalue weighted by Gasteiger charge is -2.14. The number of hydrogen-bond acceptors (Lipinski definition) is 3. The van der Waals surface area contributed by atoms with Crippen LogP contribution in [0.25, 0.3) is 0 Å². The molecule has 0 spiro atoms. The minimum absolute atomic E-state index is 0.175. The highest BCUT2D eigenvalue weighted by atomic mass is 16.4. The number of benzene rings is 1. The summed E-state index contributed by atoms with van der Waals surface area (Å²) in [7, 11) is 0. The predicted molar refractivity (Wildman–Crippen MR) is 62.4 cm³/mol. The van der Waals surface area contributed by atoms with Crippen molar-refractivity contribution in [3.8, 4) is 0 Å². The van der Waals surface area contributed by atoms with Crippen molar-refractivity contribution >= 4 is 11.5 Å². The van der Waals surface area contributed by atoms with Gasteiger partial charge in [0, 0.05) is 5.69 Å². The van der Waals surface area contributed by atoms with Crippen LogP contribution in [0.15, 0.2) is 23.4 Å². The summed E-state index contributed by atoms with van der Waals surface area (Å²) < 4.78 is 0. The summed E-state index contributed by atoms with van der Waals surface area (Å²) in [5.41, 5.74) is 8.83. The van der Waals surface area contributed by atoms with Gasteiger partial charge in [0.1, 0.15) is 0 Å². The average molecular weight is 207 g/mol. The van der Waals surface area contributed by atoms with E-state index in [9.17, 15) is 0 Å². The Morgan fingerprint density at radius 2 is 1.87 bits per heavy atom. The molecule has 0 aliphatic heterocycles. The van der Waals surface area contributed by atoms with Crippen LogP contribution in [0.5, 0.6) is 0 Å². The third-order valence-corrected chi connectivity index (χ3v) is 2.16. The number of nitrogens with zero attached hydrogens (tertiary/aromatic N) is 1. The van der Waals surface area contributed by atoms with Gasteiger partial charge in [0.2, 0.25) is 0 Å². The first-order valence-corrected chi connectivity index (χ1v) is 4.85. The van der Waals surface area contributed by atoms with Gasteiger partial charge in [-0.2, -0.15) is 0 Å². The number of nitrogens with two attached hydrogens (primary N) is 1. The Balaban J connectivity index is 2.81. The molecule has 0 saturated carbocycles. The molecule has 82 valence electrons. The molecule has 1 aromatic rings. The third kappa shape index (κ3) is 3.16. The number of amidine groups is 1. The van der Waals surface area contributed by atoms with Crippen molar-refractivity contribution in [1.29, 1.82) is 0 Å². The Bertz CT molecular complexity index is 354. The lowest BCUT2D eigenvalue weighted by atomic mass is 10.1. The van der Waals surface area contributed by atoms with Gasteiger partial charge in [0.05, 0.1) is 6.04 Å². The lowest BCUT2D eigenvalue weighted by molar-refractivity contribution is 0.316. The molecule has 0 amide bonds. The third-order valence-electron chi connectivity index (χ3n) is 2.16. The molecular weight excluding hydrogens is 190 g/mol. The highest BCUT2D eigenvalue weighted by molar-refractivity contribution is 5.87. The summed E-state index contributed by atoms with van der Waals surface area (Å²) >= 11 is 0. The van der Waals surface area contributed by atoms with Gasteiger partial charge < -0.3 is 16.3 Å². The van der Waals surface area contributed by atoms with E-state index in [4.69, 9.17) is 10.9 Å². The van der Waals surface area contributed by atoms with E-state index in [1.807, 2.05) is 32.9 Å². The van der Waals surface area contributed by atoms with Crippen LogP contribution in [0.4, 0.5) is 5.69 Å². The van der Waals surface area contributed by atoms with E-state index in [-0.39, 0.29) is 11.9 Å². The molecule has 0 aliphatic rings. The molecule has 4 N–H and O–H groups in total. The maximum absolute atomic E-state index is 8.52. The normalized spacial score (nSPS) is 13.7. The van der Waals surface area contributed by atoms with E-state index in [0.29, 0.717) is 0 Å². The monoisotopic (exact) mass is 207 g/mol. The summed E-state index contributed by atoms with van der Waals surface area (Å²) in [6, 6.07) is 5.96. The Hall–Kier alpha value is -1.71. The van der Waals surface area contributed by atoms with Crippen molar-refractivity contribution in [2.75, 3.05) is 5.32 Å². The van der Waals surface area contributed by atoms with Crippen molar-refractivity contribution in [3.63, 3.8) is 0 Å². The van der Waals surface area contributed by atoms with Crippen LogP contribution in [0.2, 0.25) is 0 Å². The maximum Gasteiger partial charge on any atom is 0.161 e. The van der Waals surface area contributed by atoms with E-state index >= 15 is 0 Å². The molecule has 0 aromatic heterocycles. The molecule has 4 heteroatoms. The number of oxime groups is 1. The largest absolute Gasteiger partial charge is 0.409 e. The van der Waals surface area contributed by atoms with Gasteiger partial charge in [-0.25, -0.2) is 0 Å². The number of aryl methyl sites for hydroxylation is 2. The summed E-state index contributed by atoms with van der Waals surface area (Å²) in [6.45, 7) is 5.91. The van der Waals surface area contributed by atoms with E-state index < -0.39 is 0 Å². The van der Waals surface area contributed by atoms with Crippen molar-refractivity contribution in [2.24, 2.45) is 10.9 Å². The summed E-state index contributed by atoms with van der Waals surface area (Å²) in [5, 5.41) is 14.6. The first-order valence-electron chi connectivity index (χ1n) is 4.85. The summed E-state index contributed by atoms with van der Waals surface area (Å²) in [4.78, 5) is 0. The second-order valence-electron chi connectivity index (χ2n) is 3.77. The minimum atomic E-state index is -0.184. The van der Waals surface area contributed by atoms with Crippen molar-refractivity contribution < 1.29 is 5.21 Å². The fourth-order valence-electron chi connectivity index (χ4n) is 1.47. The van der Waals surface area contributed by atoms with Gasteiger partial charge in [-0.3, -0.25) is 0 Å². The Labute approximate surface area is 89.8 Å². The predicted octanol–water partition coefficient (Wildman–Crippen LogP) is 1.85. The SMILES string of the molecule is Cc1cc(C)cc(NC(C)C(N)=NO)c1. The van der Waals surface area contributed by atoms with E-state index in [0.717, 1.165) is 5.69 Å². The lowest BCUT2D eigenvalue weighted by Crippen LogP contribution is -2.32. The zero-order chi connectivity index (χ0) is 11.4. The number of anilines is 1. The number of hydrogen-bond donors (Lipinski definition) is 3. The fourth-order valence-corrected chi connectivity index (χ4v) is 1.47. The molecule has 0 bridgehead atoms. The highest BCUT2D eigenvalue weighted by Gasteiger charge is 2.07. The number of rotatable bonds is 3. The minimum Gasteiger partial charge on any atom is -0.409 e. The van der Waals surface area contributed by atoms with Crippen LogP contribution in [0.1, 0.15) is 18.1 Å². The van der Waals surface area contributed by atoms with Gasteiger partial charge in [-0.05, 0) is 44.0 Å². The smallest absolute Gasteiger partial charge is 0.161 e. The van der Waals surface area contributed by atoms with Crippen LogP contribution in [0, 0.1) is 13.8 Å². The standard InChI is InChI=1S/C11H17N3O/c1-7-4-8(2)6-10(5-7)13-9(3)11(12)14-15/h4-6,9,13,15H,1-3H3,(H2,12,14). The van der Waals surface area contributed by atoms with Crippen LogP contribution in [0.3, 0.4) is 0 Å².